The number of likely N-dealkylation sites (tertiary alicyclic amines) is 3. The van der Waals surface area contributed by atoms with Crippen LogP contribution in [0.2, 0.25) is 0 Å². The molecule has 5 bridgehead atoms. The number of nitrogens with zero attached hydrogens (tertiary/aromatic N) is 4. The van der Waals surface area contributed by atoms with Crippen LogP contribution < -0.4 is 20.1 Å². The first kappa shape index (κ1) is 56.8. The van der Waals surface area contributed by atoms with Gasteiger partial charge in [-0.1, -0.05) is 66.2 Å². The van der Waals surface area contributed by atoms with Crippen molar-refractivity contribution >= 4 is 35.1 Å². The molecular formula is C59H84N6O11. The fraction of sp³-hybridized carbons (Fsp3) is 0.661. The molecule has 1 spiro atoms. The van der Waals surface area contributed by atoms with Crippen molar-refractivity contribution in [1.82, 2.24) is 25.3 Å². The van der Waals surface area contributed by atoms with Gasteiger partial charge in [-0.05, 0) is 77.0 Å². The molecule has 3 fully saturated rings. The molecule has 17 nitrogen and oxygen atoms in total. The third-order valence-electron chi connectivity index (χ3n) is 17.2. The summed E-state index contributed by atoms with van der Waals surface area (Å²) in [6.07, 6.45) is 13.8. The van der Waals surface area contributed by atoms with E-state index in [2.05, 4.69) is 34.3 Å². The quantitative estimate of drug-likeness (QED) is 0.183. The fourth-order valence-electron chi connectivity index (χ4n) is 13.1. The molecule has 3 saturated heterocycles. The molecule has 8 atom stereocenters. The summed E-state index contributed by atoms with van der Waals surface area (Å²) in [7, 11) is 4.75. The van der Waals surface area contributed by atoms with Crippen LogP contribution in [0.25, 0.3) is 0 Å². The van der Waals surface area contributed by atoms with E-state index in [9.17, 15) is 14.4 Å². The van der Waals surface area contributed by atoms with E-state index < -0.39 is 47.1 Å². The maximum atomic E-state index is 15.1. The van der Waals surface area contributed by atoms with Crippen LogP contribution in [0.4, 0.5) is 0 Å². The average Bonchev–Trinajstić information content (AvgIpc) is 4.00. The van der Waals surface area contributed by atoms with Crippen molar-refractivity contribution < 1.29 is 52.4 Å². The van der Waals surface area contributed by atoms with Crippen LogP contribution in [-0.4, -0.2) is 153 Å². The standard InChI is InChI=1S/C59H84N6O11/c1-34(2)33-63-29-23-59(24-30-63)61-47-44-45-50(68)49(48(47)62-59)60-57(70)37(5)19-16-18-35(3)51(71-10)38(6)53(72-11)39(7)52(75-43(67)32-42(66)65-27-21-41(22-28-65)64-25-14-13-15-26-64)36(4)20-17-31-74-58(9)56(69)46(44)55(76-58)40(8)54(45)73-12/h16-19,31,34-36,38-39,41,51-53,62H,13-15,20-30,32-33H2,1-12H3,(H,60,70)/b18-16+,31-17+,37-19-/t35-,36+,38+,39-,51-,52+,53+,58-/m0/s1. The Morgan fingerprint density at radius 1 is 0.855 bits per heavy atom. The average molecular weight is 1050 g/mol. The highest BCUT2D eigenvalue weighted by atomic mass is 16.7. The second kappa shape index (κ2) is 23.7. The van der Waals surface area contributed by atoms with Crippen LogP contribution in [0.1, 0.15) is 145 Å². The summed E-state index contributed by atoms with van der Waals surface area (Å²) in [4.78, 5) is 84.3. The molecule has 1 aromatic rings. The number of hydrogen-bond acceptors (Lipinski definition) is 15. The van der Waals surface area contributed by atoms with E-state index in [1.54, 1.807) is 52.0 Å². The first-order valence-electron chi connectivity index (χ1n) is 27.9. The second-order valence-corrected chi connectivity index (χ2v) is 23.1. The van der Waals surface area contributed by atoms with Crippen LogP contribution in [0.3, 0.4) is 0 Å². The van der Waals surface area contributed by atoms with Crippen molar-refractivity contribution in [2.75, 3.05) is 67.1 Å². The Balaban J connectivity index is 1.12. The predicted octanol–water partition coefficient (Wildman–Crippen LogP) is 7.45. The normalized spacial score (nSPS) is 31.4. The SMILES string of the molecule is COc1c(C)c2c3c4c1C(=O)C(=C1NC5(CCN(CC(C)C)CC5)N=C14)NC(=O)/C(C)=C\C=C\[C@H](C)[C@H](OC)[C@@H](C)[C@@H](OC)[C@@H](C)[C@H](OC(=O)CC(=O)N1CCC(N4CCCCC4)CC1)[C@H](C)C/C=C/O[C@@](C)(O2)C3=O. The highest BCUT2D eigenvalue weighted by Crippen LogP contribution is 2.50. The number of piperidine rings is 3. The lowest BCUT2D eigenvalue weighted by molar-refractivity contribution is -0.164. The van der Waals surface area contributed by atoms with Crippen molar-refractivity contribution in [1.29, 1.82) is 0 Å². The van der Waals surface area contributed by atoms with Gasteiger partial charge in [-0.15, -0.1) is 0 Å². The molecular weight excluding hydrogens is 969 g/mol. The number of nitrogens with one attached hydrogen (secondary N) is 2. The van der Waals surface area contributed by atoms with Crippen LogP contribution in [0, 0.1) is 36.5 Å². The molecule has 2 N–H and O–H groups in total. The molecule has 6 aliphatic heterocycles. The first-order chi connectivity index (χ1) is 36.2. The maximum Gasteiger partial charge on any atom is 0.315 e. The van der Waals surface area contributed by atoms with Crippen LogP contribution in [0.5, 0.6) is 11.5 Å². The lowest BCUT2D eigenvalue weighted by atomic mass is 9.78. The Hall–Kier alpha value is -5.36. The zero-order valence-electron chi connectivity index (χ0n) is 47.2. The van der Waals surface area contributed by atoms with Gasteiger partial charge in [-0.3, -0.25) is 29.0 Å². The van der Waals surface area contributed by atoms with Gasteiger partial charge in [0.05, 0.1) is 48.1 Å². The number of rotatable bonds is 9. The summed E-state index contributed by atoms with van der Waals surface area (Å²) in [5, 5.41) is 6.57. The molecule has 416 valence electrons. The minimum Gasteiger partial charge on any atom is -0.496 e. The number of fused-ring (bicyclic) bond motifs is 3. The Morgan fingerprint density at radius 2 is 1.53 bits per heavy atom. The molecule has 2 amide bonds. The van der Waals surface area contributed by atoms with Gasteiger partial charge in [0, 0.05) is 107 Å². The van der Waals surface area contributed by atoms with Crippen molar-refractivity contribution in [3.8, 4) is 11.5 Å². The zero-order chi connectivity index (χ0) is 54.8. The van der Waals surface area contributed by atoms with E-state index in [1.807, 2.05) is 39.8 Å². The van der Waals surface area contributed by atoms with Crippen LogP contribution in [-0.2, 0) is 33.3 Å². The van der Waals surface area contributed by atoms with Crippen LogP contribution in [0.15, 0.2) is 52.5 Å². The highest BCUT2D eigenvalue weighted by Gasteiger charge is 2.55. The van der Waals surface area contributed by atoms with E-state index in [-0.39, 0.29) is 76.0 Å². The minimum absolute atomic E-state index is 0.0178. The molecule has 1 aromatic carbocycles. The van der Waals surface area contributed by atoms with E-state index in [0.717, 1.165) is 45.6 Å². The molecule has 0 unspecified atom stereocenters. The monoisotopic (exact) mass is 1050 g/mol. The summed E-state index contributed by atoms with van der Waals surface area (Å²) in [5.74, 6) is -4.49. The molecule has 0 saturated carbocycles. The van der Waals surface area contributed by atoms with Crippen molar-refractivity contribution in [2.24, 2.45) is 34.6 Å². The van der Waals surface area contributed by atoms with Gasteiger partial charge in [0.1, 0.15) is 35.4 Å². The number of amides is 2. The van der Waals surface area contributed by atoms with E-state index >= 15 is 9.59 Å². The summed E-state index contributed by atoms with van der Waals surface area (Å²) >= 11 is 0. The number of carbonyl (C=O) groups excluding carboxylic acids is 5. The van der Waals surface area contributed by atoms with Crippen LogP contribution >= 0.6 is 0 Å². The first-order valence-corrected chi connectivity index (χ1v) is 27.9. The van der Waals surface area contributed by atoms with Gasteiger partial charge in [0.2, 0.25) is 11.7 Å². The third-order valence-corrected chi connectivity index (χ3v) is 17.2. The molecule has 0 radical (unpaired) electrons. The number of hydrogen-bond donors (Lipinski definition) is 2. The Morgan fingerprint density at radius 3 is 2.17 bits per heavy atom. The van der Waals surface area contributed by atoms with Gasteiger partial charge in [0.25, 0.3) is 11.7 Å². The second-order valence-electron chi connectivity index (χ2n) is 23.1. The number of Topliss-reactive ketones (excluding diaryl/α,β-unsaturated/α-hetero) is 2. The van der Waals surface area contributed by atoms with Gasteiger partial charge in [0.15, 0.2) is 0 Å². The largest absolute Gasteiger partial charge is 0.496 e. The number of aliphatic imine (C=N–C) groups is 1. The number of ether oxygens (including phenoxy) is 6. The maximum absolute atomic E-state index is 15.1. The molecule has 76 heavy (non-hydrogen) atoms. The summed E-state index contributed by atoms with van der Waals surface area (Å²) in [6.45, 7) is 23.3. The minimum atomic E-state index is -1.87. The van der Waals surface area contributed by atoms with Gasteiger partial charge in [-0.25, -0.2) is 0 Å². The molecule has 7 aliphatic rings. The smallest absolute Gasteiger partial charge is 0.315 e. The summed E-state index contributed by atoms with van der Waals surface area (Å²) in [5.41, 5.74) is 1.18. The predicted molar refractivity (Wildman–Crippen MR) is 289 cm³/mol. The van der Waals surface area contributed by atoms with E-state index in [4.69, 9.17) is 33.4 Å². The molecule has 6 heterocycles. The number of esters is 1. The lowest BCUT2D eigenvalue weighted by Gasteiger charge is -2.40. The number of allylic oxidation sites excluding steroid dienone is 5. The Labute approximate surface area is 450 Å². The summed E-state index contributed by atoms with van der Waals surface area (Å²) in [6, 6.07) is 0.461. The van der Waals surface area contributed by atoms with Crippen molar-refractivity contribution in [2.45, 2.75) is 156 Å². The van der Waals surface area contributed by atoms with Crippen molar-refractivity contribution in [3.63, 3.8) is 0 Å². The molecule has 1 aliphatic carbocycles. The highest BCUT2D eigenvalue weighted by molar-refractivity contribution is 6.34. The number of benzene rings is 1. The topological polar surface area (TPSA) is 187 Å². The van der Waals surface area contributed by atoms with Gasteiger partial charge in [-0.2, -0.15) is 0 Å². The number of ketones is 2. The van der Waals surface area contributed by atoms with Gasteiger partial charge < -0.3 is 53.8 Å². The number of methoxy groups -OCH3 is 3. The lowest BCUT2D eigenvalue weighted by Crippen LogP contribution is -2.50. The van der Waals surface area contributed by atoms with E-state index in [1.165, 1.54) is 32.6 Å². The molecule has 0 aromatic heterocycles. The molecule has 8 rings (SSSR count). The van der Waals surface area contributed by atoms with E-state index in [0.29, 0.717) is 66.9 Å². The fourth-order valence-corrected chi connectivity index (χ4v) is 13.1. The Kier molecular flexibility index (Phi) is 17.7. The van der Waals surface area contributed by atoms with Crippen molar-refractivity contribution in [3.05, 3.63) is 69.8 Å². The number of carbonyl (C=O) groups is 5. The molecule has 17 heteroatoms. The Bertz CT molecular complexity index is 2550. The van der Waals surface area contributed by atoms with Gasteiger partial charge >= 0.3 is 11.8 Å². The summed E-state index contributed by atoms with van der Waals surface area (Å²) < 4.78 is 37.7. The third kappa shape index (κ3) is 11.4. The zero-order valence-corrected chi connectivity index (χ0v) is 47.2.